The van der Waals surface area contributed by atoms with Crippen LogP contribution in [0.5, 0.6) is 5.75 Å². The van der Waals surface area contributed by atoms with E-state index < -0.39 is 6.04 Å². The number of anilines is 1. The third kappa shape index (κ3) is 6.54. The monoisotopic (exact) mass is 504 g/mol. The highest BCUT2D eigenvalue weighted by Crippen LogP contribution is 2.25. The zero-order valence-corrected chi connectivity index (χ0v) is 22.3. The number of nitrogens with zero attached hydrogens (tertiary/aromatic N) is 5. The van der Waals surface area contributed by atoms with Crippen molar-refractivity contribution in [2.45, 2.75) is 32.4 Å². The van der Waals surface area contributed by atoms with Gasteiger partial charge in [-0.05, 0) is 56.8 Å². The average molecular weight is 505 g/mol. The molecule has 1 aliphatic rings. The number of nitrogens with one attached hydrogen (secondary N) is 1. The summed E-state index contributed by atoms with van der Waals surface area (Å²) in [5.74, 6) is 1.17. The molecule has 196 valence electrons. The molecule has 1 atom stereocenters. The Morgan fingerprint density at radius 2 is 1.73 bits per heavy atom. The zero-order valence-electron chi connectivity index (χ0n) is 22.3. The van der Waals surface area contributed by atoms with Crippen molar-refractivity contribution in [3.8, 4) is 5.75 Å². The molecule has 2 amide bonds. The number of carbonyl (C=O) groups is 2. The molecule has 2 aromatic carbocycles. The highest BCUT2D eigenvalue weighted by atomic mass is 16.5. The maximum absolute atomic E-state index is 13.3. The topological polar surface area (TPSA) is 90.9 Å². The Bertz CT molecular complexity index is 1240. The predicted molar refractivity (Wildman–Crippen MR) is 145 cm³/mol. The Morgan fingerprint density at radius 3 is 2.38 bits per heavy atom. The highest BCUT2D eigenvalue weighted by molar-refractivity contribution is 6.01. The quantitative estimate of drug-likeness (QED) is 0.504. The van der Waals surface area contributed by atoms with E-state index >= 15 is 0 Å². The molecule has 1 N–H and O–H groups in total. The van der Waals surface area contributed by atoms with Gasteiger partial charge in [-0.3, -0.25) is 9.59 Å². The third-order valence-electron chi connectivity index (χ3n) is 6.46. The third-order valence-corrected chi connectivity index (χ3v) is 6.46. The van der Waals surface area contributed by atoms with Crippen molar-refractivity contribution in [3.63, 3.8) is 0 Å². The molecular weight excluding hydrogens is 468 g/mol. The Balaban J connectivity index is 1.52. The minimum Gasteiger partial charge on any atom is -0.491 e. The van der Waals surface area contributed by atoms with Crippen molar-refractivity contribution in [2.75, 3.05) is 52.2 Å². The number of ether oxygens (including phenoxy) is 1. The molecule has 9 heteroatoms. The summed E-state index contributed by atoms with van der Waals surface area (Å²) in [7, 11) is 5.49. The first-order chi connectivity index (χ1) is 17.7. The lowest BCUT2D eigenvalue weighted by Gasteiger charge is -2.33. The van der Waals surface area contributed by atoms with Crippen LogP contribution in [-0.4, -0.2) is 91.0 Å². The van der Waals surface area contributed by atoms with Crippen molar-refractivity contribution < 1.29 is 14.3 Å². The lowest BCUT2D eigenvalue weighted by molar-refractivity contribution is -0.130. The van der Waals surface area contributed by atoms with Crippen LogP contribution in [0.15, 0.2) is 48.8 Å². The van der Waals surface area contributed by atoms with Gasteiger partial charge in [0, 0.05) is 57.6 Å². The Labute approximate surface area is 218 Å². The normalized spacial score (nSPS) is 15.0. The number of hydrogen-bond acceptors (Lipinski definition) is 7. The first-order valence-electron chi connectivity index (χ1n) is 12.7. The van der Waals surface area contributed by atoms with E-state index in [9.17, 15) is 9.59 Å². The van der Waals surface area contributed by atoms with Crippen molar-refractivity contribution in [1.29, 1.82) is 0 Å². The van der Waals surface area contributed by atoms with Crippen LogP contribution in [0.1, 0.15) is 29.8 Å². The number of aromatic nitrogens is 2. The fraction of sp³-hybridized carbons (Fsp3) is 0.429. The number of piperazine rings is 1. The van der Waals surface area contributed by atoms with Crippen molar-refractivity contribution in [3.05, 3.63) is 59.9 Å². The van der Waals surface area contributed by atoms with Crippen LogP contribution in [0.4, 0.5) is 5.82 Å². The second kappa shape index (κ2) is 11.6. The van der Waals surface area contributed by atoms with Gasteiger partial charge in [0.15, 0.2) is 0 Å². The lowest BCUT2D eigenvalue weighted by atomic mass is 10.0. The lowest BCUT2D eigenvalue weighted by Crippen LogP contribution is -2.47. The Kier molecular flexibility index (Phi) is 8.23. The maximum Gasteiger partial charge on any atom is 0.252 e. The summed E-state index contributed by atoms with van der Waals surface area (Å²) < 4.78 is 5.71. The van der Waals surface area contributed by atoms with Gasteiger partial charge in [-0.1, -0.05) is 12.1 Å². The van der Waals surface area contributed by atoms with Gasteiger partial charge in [-0.15, -0.1) is 0 Å². The molecular formula is C28H36N6O3. The number of likely N-dealkylation sites (N-methyl/N-ethyl adjacent to an activating group) is 2. The fourth-order valence-electron chi connectivity index (χ4n) is 4.42. The molecule has 1 aromatic heterocycles. The molecule has 2 heterocycles. The second-order valence-corrected chi connectivity index (χ2v) is 9.99. The molecule has 1 aliphatic heterocycles. The van der Waals surface area contributed by atoms with Crippen molar-refractivity contribution >= 4 is 28.5 Å². The molecule has 0 aliphatic carbocycles. The van der Waals surface area contributed by atoms with Crippen LogP contribution >= 0.6 is 0 Å². The van der Waals surface area contributed by atoms with Gasteiger partial charge in [-0.2, -0.15) is 0 Å². The predicted octanol–water partition coefficient (Wildman–Crippen LogP) is 2.60. The summed E-state index contributed by atoms with van der Waals surface area (Å²) in [6.07, 6.45) is 1.99. The molecule has 0 radical (unpaired) electrons. The minimum absolute atomic E-state index is 0.0815. The van der Waals surface area contributed by atoms with E-state index in [4.69, 9.17) is 4.74 Å². The van der Waals surface area contributed by atoms with Crippen LogP contribution < -0.4 is 15.0 Å². The first-order valence-corrected chi connectivity index (χ1v) is 12.7. The maximum atomic E-state index is 13.3. The number of rotatable bonds is 8. The van der Waals surface area contributed by atoms with Gasteiger partial charge in [-0.25, -0.2) is 9.97 Å². The van der Waals surface area contributed by atoms with Crippen molar-refractivity contribution in [1.82, 2.24) is 25.1 Å². The molecule has 1 unspecified atom stereocenters. The van der Waals surface area contributed by atoms with E-state index in [0.717, 1.165) is 48.7 Å². The molecule has 3 aromatic rings. The number of benzene rings is 2. The van der Waals surface area contributed by atoms with E-state index in [-0.39, 0.29) is 17.9 Å². The number of carbonyl (C=O) groups excluding carboxylic acids is 2. The standard InChI is InChI=1S/C28H36N6O3/c1-19(2)37-22-9-6-20(7-10-22)16-25(28(36)32(3)4)31-27(35)21-8-11-23-24(17-21)29-18-30-26(23)34-14-12-33(5)13-15-34/h6-11,17-19,25H,12-16H2,1-5H3,(H,31,35). The summed E-state index contributed by atoms with van der Waals surface area (Å²) in [5, 5.41) is 3.85. The van der Waals surface area contributed by atoms with E-state index in [1.807, 2.05) is 44.2 Å². The molecule has 1 fully saturated rings. The van der Waals surface area contributed by atoms with Gasteiger partial charge < -0.3 is 24.8 Å². The SMILES string of the molecule is CC(C)Oc1ccc(CC(NC(=O)c2ccc3c(N4CCN(C)CC4)ncnc3c2)C(=O)N(C)C)cc1. The Hall–Kier alpha value is -3.72. The molecule has 1 saturated heterocycles. The van der Waals surface area contributed by atoms with Crippen molar-refractivity contribution in [2.24, 2.45) is 0 Å². The largest absolute Gasteiger partial charge is 0.491 e. The molecule has 0 saturated carbocycles. The fourth-order valence-corrected chi connectivity index (χ4v) is 4.42. The zero-order chi connectivity index (χ0) is 26.5. The summed E-state index contributed by atoms with van der Waals surface area (Å²) in [4.78, 5) is 41.2. The van der Waals surface area contributed by atoms with Gasteiger partial charge >= 0.3 is 0 Å². The van der Waals surface area contributed by atoms with Gasteiger partial charge in [0.2, 0.25) is 5.91 Å². The second-order valence-electron chi connectivity index (χ2n) is 9.99. The highest BCUT2D eigenvalue weighted by Gasteiger charge is 2.24. The molecule has 9 nitrogen and oxygen atoms in total. The molecule has 0 bridgehead atoms. The van der Waals surface area contributed by atoms with Gasteiger partial charge in [0.05, 0.1) is 11.6 Å². The number of amides is 2. The number of fused-ring (bicyclic) bond motifs is 1. The summed E-state index contributed by atoms with van der Waals surface area (Å²) in [5.41, 5.74) is 2.08. The van der Waals surface area contributed by atoms with E-state index in [2.05, 4.69) is 32.1 Å². The van der Waals surface area contributed by atoms with Crippen LogP contribution in [0.25, 0.3) is 10.9 Å². The molecule has 37 heavy (non-hydrogen) atoms. The number of hydrogen-bond donors (Lipinski definition) is 1. The molecule has 4 rings (SSSR count). The van der Waals surface area contributed by atoms with Crippen LogP contribution in [-0.2, 0) is 11.2 Å². The van der Waals surface area contributed by atoms with Crippen LogP contribution in [0.2, 0.25) is 0 Å². The average Bonchev–Trinajstić information content (AvgIpc) is 2.88. The van der Waals surface area contributed by atoms with E-state index in [1.54, 1.807) is 32.6 Å². The minimum atomic E-state index is -0.707. The van der Waals surface area contributed by atoms with Gasteiger partial charge in [0.25, 0.3) is 5.91 Å². The van der Waals surface area contributed by atoms with Crippen LogP contribution in [0, 0.1) is 0 Å². The smallest absolute Gasteiger partial charge is 0.252 e. The summed E-state index contributed by atoms with van der Waals surface area (Å²) >= 11 is 0. The summed E-state index contributed by atoms with van der Waals surface area (Å²) in [6, 6.07) is 12.3. The van der Waals surface area contributed by atoms with E-state index in [1.165, 1.54) is 4.90 Å². The first kappa shape index (κ1) is 26.3. The Morgan fingerprint density at radius 1 is 1.03 bits per heavy atom. The summed E-state index contributed by atoms with van der Waals surface area (Å²) in [6.45, 7) is 7.68. The van der Waals surface area contributed by atoms with Crippen LogP contribution in [0.3, 0.4) is 0 Å². The van der Waals surface area contributed by atoms with E-state index in [0.29, 0.717) is 17.5 Å². The van der Waals surface area contributed by atoms with Gasteiger partial charge in [0.1, 0.15) is 23.9 Å². The molecule has 0 spiro atoms.